The van der Waals surface area contributed by atoms with E-state index in [1.807, 2.05) is 115 Å². The van der Waals surface area contributed by atoms with Crippen LogP contribution in [0.15, 0.2) is 140 Å². The van der Waals surface area contributed by atoms with E-state index in [2.05, 4.69) is 34.2 Å². The van der Waals surface area contributed by atoms with Gasteiger partial charge in [-0.2, -0.15) is 17.6 Å². The van der Waals surface area contributed by atoms with Crippen LogP contribution in [0.3, 0.4) is 0 Å². The smallest absolute Gasteiger partial charge is 0.208 e. The number of halogens is 4. The van der Waals surface area contributed by atoms with E-state index in [0.717, 1.165) is 61.3 Å². The summed E-state index contributed by atoms with van der Waals surface area (Å²) in [4.78, 5) is 18.1. The summed E-state index contributed by atoms with van der Waals surface area (Å²) >= 11 is 0. The van der Waals surface area contributed by atoms with E-state index in [9.17, 15) is 0 Å². The zero-order chi connectivity index (χ0) is 52.7. The van der Waals surface area contributed by atoms with Crippen LogP contribution in [0.25, 0.3) is 90.9 Å². The van der Waals surface area contributed by atoms with Crippen LogP contribution in [-0.2, 0) is 23.7 Å². The summed E-state index contributed by atoms with van der Waals surface area (Å²) in [5.41, 5.74) is 12.9. The lowest BCUT2D eigenvalue weighted by molar-refractivity contribution is -0.238. The molecule has 0 amide bonds. The first kappa shape index (κ1) is 48.5. The second kappa shape index (κ2) is 18.8. The van der Waals surface area contributed by atoms with Crippen LogP contribution in [0.4, 0.5) is 17.6 Å². The highest BCUT2D eigenvalue weighted by molar-refractivity contribution is 5.99. The summed E-state index contributed by atoms with van der Waals surface area (Å²) in [6.07, 6.45) is 3.82. The summed E-state index contributed by atoms with van der Waals surface area (Å²) in [6.45, 7) is 6.22. The number of ether oxygens (including phenoxy) is 7. The average Bonchev–Trinajstić information content (AvgIpc) is 4.36. The van der Waals surface area contributed by atoms with E-state index in [1.54, 1.807) is 39.8 Å². The van der Waals surface area contributed by atoms with Crippen molar-refractivity contribution in [3.8, 4) is 61.8 Å². The van der Waals surface area contributed by atoms with Gasteiger partial charge in [0.25, 0.3) is 0 Å². The van der Waals surface area contributed by atoms with E-state index in [4.69, 9.17) is 43.1 Å². The minimum Gasteiger partial charge on any atom is -0.485 e. The number of aromatic nitrogens is 4. The third-order valence-corrected chi connectivity index (χ3v) is 14.1. The quantitative estimate of drug-likeness (QED) is 0.107. The fraction of sp³-hybridized carbons (Fsp3) is 0.194. The van der Waals surface area contributed by atoms with Gasteiger partial charge in [-0.15, -0.1) is 0 Å². The minimum atomic E-state index is -1.80. The lowest BCUT2D eigenvalue weighted by Crippen LogP contribution is -2.56. The van der Waals surface area contributed by atoms with Crippen molar-refractivity contribution in [1.82, 2.24) is 19.9 Å². The zero-order valence-corrected chi connectivity index (χ0v) is 41.9. The van der Waals surface area contributed by atoms with Gasteiger partial charge in [-0.05, 0) is 111 Å². The number of nitrogens with zero attached hydrogens (tertiary/aromatic N) is 2. The third-order valence-electron chi connectivity index (χ3n) is 14.1. The second-order valence-electron chi connectivity index (χ2n) is 20.2. The van der Waals surface area contributed by atoms with Gasteiger partial charge in [0, 0.05) is 44.3 Å². The fourth-order valence-electron chi connectivity index (χ4n) is 10.8. The topological polar surface area (TPSA) is 122 Å². The highest BCUT2D eigenvalue weighted by Crippen LogP contribution is 2.46. The van der Waals surface area contributed by atoms with Gasteiger partial charge in [0.05, 0.1) is 22.8 Å². The molecule has 0 unspecified atom stereocenters. The Bertz CT molecular complexity index is 3800. The Morgan fingerprint density at radius 1 is 0.442 bits per heavy atom. The SMILES string of the molecule is CC1(C)O[C@H]2[C@@H](O1)[C@@H](COc1c(F)c(F)c(Oc3ccc(-c4c5nc(c(-c6ccccc6)c6ccc([nH]6)c(-c6ccccc6)c6nc(c(-c7ccccc7)c7ccc4[nH]7)C=C6)C=C5)cc3)c(F)c1F)O[C@@H]1OC(C)(C)O[C@@H]12. The molecule has 2 N–H and O–H groups in total. The Hall–Kier alpha value is -8.18. The minimum absolute atomic E-state index is 0.109. The lowest BCUT2D eigenvalue weighted by atomic mass is 9.99. The molecule has 13 rings (SSSR count). The van der Waals surface area contributed by atoms with Gasteiger partial charge >= 0.3 is 0 Å². The first-order valence-corrected chi connectivity index (χ1v) is 25.2. The molecule has 0 spiro atoms. The van der Waals surface area contributed by atoms with E-state index in [-0.39, 0.29) is 5.75 Å². The van der Waals surface area contributed by atoms with Crippen LogP contribution < -0.4 is 9.47 Å². The Morgan fingerprint density at radius 3 is 1.26 bits per heavy atom. The molecular weight excluding hydrogens is 989 g/mol. The van der Waals surface area contributed by atoms with Crippen molar-refractivity contribution >= 4 is 46.4 Å². The molecule has 0 aliphatic carbocycles. The summed E-state index contributed by atoms with van der Waals surface area (Å²) in [6, 6.07) is 44.6. The molecule has 5 aromatic carbocycles. The summed E-state index contributed by atoms with van der Waals surface area (Å²) in [5, 5.41) is 0. The molecule has 3 fully saturated rings. The van der Waals surface area contributed by atoms with E-state index < -0.39 is 83.7 Å². The Morgan fingerprint density at radius 2 is 0.818 bits per heavy atom. The standard InChI is InChI=1S/C62H48F4N4O7/c1-61(2)74-55-46(73-60-59(58(55)75-61)76-62(3,4)77-60)32-71-56-51(63)53(65)57(54(66)52(56)64)72-37-22-20-36(21-23-37)50-44-30-28-42(69-44)48(34-16-10-6-11-17-34)40-26-24-38(67-40)47(33-14-8-5-9-15-33)39-25-27-41(68-39)49(35-18-12-7-13-19-35)43-29-31-45(50)70-43/h5-31,46,55,58-60,67,70H,32H2,1-4H3/t46-,55+,58+,59-,60-/m1/s1. The molecule has 5 aliphatic rings. The molecule has 0 saturated carbocycles. The second-order valence-corrected chi connectivity index (χ2v) is 20.2. The Kier molecular flexibility index (Phi) is 11.8. The van der Waals surface area contributed by atoms with Gasteiger partial charge in [-0.25, -0.2) is 9.97 Å². The number of rotatable bonds is 9. The average molecular weight is 1040 g/mol. The van der Waals surface area contributed by atoms with Crippen LogP contribution in [-0.4, -0.2) is 68.8 Å². The van der Waals surface area contributed by atoms with Crippen LogP contribution >= 0.6 is 0 Å². The molecule has 5 atom stereocenters. The maximum absolute atomic E-state index is 16.0. The maximum Gasteiger partial charge on any atom is 0.208 e. The molecule has 3 saturated heterocycles. The van der Waals surface area contributed by atoms with Gasteiger partial charge < -0.3 is 43.1 Å². The van der Waals surface area contributed by atoms with Crippen molar-refractivity contribution in [2.45, 2.75) is 70.0 Å². The molecule has 5 aliphatic heterocycles. The Labute approximate surface area is 439 Å². The molecule has 11 nitrogen and oxygen atoms in total. The van der Waals surface area contributed by atoms with Crippen LogP contribution in [0.5, 0.6) is 17.2 Å². The number of benzene rings is 5. The van der Waals surface area contributed by atoms with Gasteiger partial charge in [-0.1, -0.05) is 103 Å². The summed E-state index contributed by atoms with van der Waals surface area (Å²) < 4.78 is 105. The largest absolute Gasteiger partial charge is 0.485 e. The number of hydrogen-bond donors (Lipinski definition) is 2. The van der Waals surface area contributed by atoms with Crippen LogP contribution in [0.1, 0.15) is 50.5 Å². The predicted molar refractivity (Wildman–Crippen MR) is 285 cm³/mol. The van der Waals surface area contributed by atoms with Crippen molar-refractivity contribution in [3.63, 3.8) is 0 Å². The number of hydrogen-bond acceptors (Lipinski definition) is 9. The first-order valence-electron chi connectivity index (χ1n) is 25.2. The number of fused-ring (bicyclic) bond motifs is 11. The van der Waals surface area contributed by atoms with Crippen LogP contribution in [0, 0.1) is 23.3 Å². The summed E-state index contributed by atoms with van der Waals surface area (Å²) in [5.74, 6) is -12.0. The molecule has 8 aromatic rings. The zero-order valence-electron chi connectivity index (χ0n) is 41.9. The molecular formula is C62H48F4N4O7. The van der Waals surface area contributed by atoms with Crippen molar-refractivity contribution in [2.75, 3.05) is 6.61 Å². The molecule has 0 radical (unpaired) electrons. The molecule has 15 heteroatoms. The molecule has 3 aromatic heterocycles. The van der Waals surface area contributed by atoms with Gasteiger partial charge in [0.2, 0.25) is 29.0 Å². The highest BCUT2D eigenvalue weighted by Gasteiger charge is 2.61. The van der Waals surface area contributed by atoms with Gasteiger partial charge in [-0.3, -0.25) is 0 Å². The number of nitrogens with one attached hydrogen (secondary N) is 2. The lowest BCUT2D eigenvalue weighted by Gasteiger charge is -2.37. The predicted octanol–water partition coefficient (Wildman–Crippen LogP) is 14.4. The normalized spacial score (nSPS) is 20.8. The van der Waals surface area contributed by atoms with Crippen molar-refractivity contribution < 1.29 is 50.7 Å². The number of aromatic amines is 2. The fourth-order valence-corrected chi connectivity index (χ4v) is 10.8. The van der Waals surface area contributed by atoms with Crippen molar-refractivity contribution in [2.24, 2.45) is 0 Å². The van der Waals surface area contributed by atoms with Crippen LogP contribution in [0.2, 0.25) is 0 Å². The Balaban J connectivity index is 0.896. The van der Waals surface area contributed by atoms with Crippen molar-refractivity contribution in [3.05, 3.63) is 186 Å². The van der Waals surface area contributed by atoms with E-state index >= 15 is 17.6 Å². The number of H-pyrrole nitrogens is 2. The summed E-state index contributed by atoms with van der Waals surface area (Å²) in [7, 11) is 0. The maximum atomic E-state index is 16.0. The third kappa shape index (κ3) is 8.79. The molecule has 386 valence electrons. The molecule has 77 heavy (non-hydrogen) atoms. The monoisotopic (exact) mass is 1040 g/mol. The highest BCUT2D eigenvalue weighted by atomic mass is 19.2. The molecule has 8 heterocycles. The van der Waals surface area contributed by atoms with E-state index in [0.29, 0.717) is 28.0 Å². The van der Waals surface area contributed by atoms with E-state index in [1.165, 1.54) is 12.1 Å². The van der Waals surface area contributed by atoms with Gasteiger partial charge in [0.15, 0.2) is 23.6 Å². The van der Waals surface area contributed by atoms with Crippen molar-refractivity contribution in [1.29, 1.82) is 0 Å². The molecule has 8 bridgehead atoms. The first-order chi connectivity index (χ1) is 37.3. The van der Waals surface area contributed by atoms with Gasteiger partial charge in [0.1, 0.15) is 36.8 Å².